The Labute approximate surface area is 145 Å². The van der Waals surface area contributed by atoms with Crippen LogP contribution in [0.2, 0.25) is 0 Å². The van der Waals surface area contributed by atoms with E-state index in [1.165, 1.54) is 0 Å². The second kappa shape index (κ2) is 6.74. The molecule has 1 heterocycles. The van der Waals surface area contributed by atoms with Crippen LogP contribution in [0.25, 0.3) is 0 Å². The molecule has 5 nitrogen and oxygen atoms in total. The summed E-state index contributed by atoms with van der Waals surface area (Å²) in [4.78, 5) is 25.0. The molecule has 2 amide bonds. The van der Waals surface area contributed by atoms with Gasteiger partial charge >= 0.3 is 12.3 Å². The summed E-state index contributed by atoms with van der Waals surface area (Å²) in [5.74, 6) is -2.13. The highest BCUT2D eigenvalue weighted by Gasteiger charge is 2.39. The summed E-state index contributed by atoms with van der Waals surface area (Å²) >= 11 is 0.944. The van der Waals surface area contributed by atoms with E-state index >= 15 is 0 Å². The van der Waals surface area contributed by atoms with Crippen molar-refractivity contribution < 1.29 is 31.9 Å². The molecule has 25 heavy (non-hydrogen) atoms. The molecule has 1 aliphatic heterocycles. The van der Waals surface area contributed by atoms with Gasteiger partial charge in [-0.05, 0) is 39.0 Å². The lowest BCUT2D eigenvalue weighted by Crippen LogP contribution is -2.43. The van der Waals surface area contributed by atoms with Gasteiger partial charge in [0.2, 0.25) is 5.44 Å². The fourth-order valence-electron chi connectivity index (χ4n) is 2.02. The number of ether oxygens (including phenoxy) is 1. The molecular formula is C15H16F4N2O3S. The average Bonchev–Trinajstić information content (AvgIpc) is 2.77. The van der Waals surface area contributed by atoms with Crippen molar-refractivity contribution in [2.45, 2.75) is 37.9 Å². The van der Waals surface area contributed by atoms with Gasteiger partial charge in [0.1, 0.15) is 5.82 Å². The number of halogens is 4. The summed E-state index contributed by atoms with van der Waals surface area (Å²) in [6, 6.07) is 2.28. The van der Waals surface area contributed by atoms with Gasteiger partial charge in [0, 0.05) is 11.2 Å². The number of alkyl halides is 3. The van der Waals surface area contributed by atoms with E-state index in [-0.39, 0.29) is 11.6 Å². The summed E-state index contributed by atoms with van der Waals surface area (Å²) in [5.41, 5.74) is -3.32. The van der Waals surface area contributed by atoms with E-state index < -0.39 is 40.5 Å². The van der Waals surface area contributed by atoms with Crippen LogP contribution in [0.1, 0.15) is 26.3 Å². The number of hydrogen-bond acceptors (Lipinski definition) is 4. The third kappa shape index (κ3) is 4.77. The second-order valence-electron chi connectivity index (χ2n) is 6.34. The number of rotatable bonds is 2. The van der Waals surface area contributed by atoms with Crippen molar-refractivity contribution in [3.05, 3.63) is 29.6 Å². The van der Waals surface area contributed by atoms with Gasteiger partial charge in [-0.3, -0.25) is 9.69 Å². The van der Waals surface area contributed by atoms with Crippen LogP contribution in [-0.2, 0) is 15.7 Å². The van der Waals surface area contributed by atoms with E-state index in [2.05, 4.69) is 5.32 Å². The molecule has 10 heteroatoms. The third-order valence-electron chi connectivity index (χ3n) is 3.08. The molecule has 0 saturated carbocycles. The normalized spacial score (nSPS) is 18.4. The zero-order valence-corrected chi connectivity index (χ0v) is 14.4. The first-order chi connectivity index (χ1) is 11.4. The number of anilines is 1. The second-order valence-corrected chi connectivity index (χ2v) is 7.36. The van der Waals surface area contributed by atoms with Crippen LogP contribution >= 0.6 is 11.8 Å². The number of hydrogen-bond donors (Lipinski definition) is 1. The lowest BCUT2D eigenvalue weighted by atomic mass is 10.1. The Kier molecular flexibility index (Phi) is 5.22. The van der Waals surface area contributed by atoms with Crippen LogP contribution in [0.3, 0.4) is 0 Å². The molecule has 2 rings (SSSR count). The standard InChI is InChI=1S/C15H16F4N2O3S/c1-14(2,3)20-13(23)24-12-11(22)21(7-25-12)8-4-5-10(16)9(6-8)15(17,18)19/h4-6,12H,7H2,1-3H3,(H,20,23). The van der Waals surface area contributed by atoms with Crippen LogP contribution in [0.5, 0.6) is 0 Å². The van der Waals surface area contributed by atoms with Gasteiger partial charge in [0.25, 0.3) is 5.91 Å². The zero-order chi connectivity index (χ0) is 19.0. The lowest BCUT2D eigenvalue weighted by Gasteiger charge is -2.21. The molecule has 138 valence electrons. The molecule has 0 bridgehead atoms. The minimum Gasteiger partial charge on any atom is -0.425 e. The highest BCUT2D eigenvalue weighted by atomic mass is 32.2. The number of carbonyl (C=O) groups is 2. The number of alkyl carbamates (subject to hydrolysis) is 1. The smallest absolute Gasteiger partial charge is 0.419 e. The zero-order valence-electron chi connectivity index (χ0n) is 13.6. The Hall–Kier alpha value is -1.97. The Balaban J connectivity index is 2.13. The van der Waals surface area contributed by atoms with E-state index in [1.54, 1.807) is 20.8 Å². The van der Waals surface area contributed by atoms with Crippen molar-refractivity contribution in [3.63, 3.8) is 0 Å². The molecule has 1 aromatic rings. The monoisotopic (exact) mass is 380 g/mol. The topological polar surface area (TPSA) is 58.6 Å². The SMILES string of the molecule is CC(C)(C)NC(=O)OC1SCN(c2ccc(F)c(C(F)(F)F)c2)C1=O. The van der Waals surface area contributed by atoms with Gasteiger partial charge in [-0.1, -0.05) is 11.8 Å². The van der Waals surface area contributed by atoms with Gasteiger partial charge in [0.15, 0.2) is 0 Å². The maximum Gasteiger partial charge on any atom is 0.419 e. The molecule has 1 aliphatic rings. The third-order valence-corrected chi connectivity index (χ3v) is 4.09. The summed E-state index contributed by atoms with van der Waals surface area (Å²) in [7, 11) is 0. The van der Waals surface area contributed by atoms with E-state index in [4.69, 9.17) is 4.74 Å². The van der Waals surface area contributed by atoms with Crippen LogP contribution in [0.4, 0.5) is 28.0 Å². The van der Waals surface area contributed by atoms with E-state index in [1.807, 2.05) is 0 Å². The molecule has 0 aromatic heterocycles. The van der Waals surface area contributed by atoms with Crippen molar-refractivity contribution in [1.29, 1.82) is 0 Å². The predicted octanol–water partition coefficient (Wildman–Crippen LogP) is 3.73. The summed E-state index contributed by atoms with van der Waals surface area (Å²) < 4.78 is 56.7. The van der Waals surface area contributed by atoms with Crippen LogP contribution in [-0.4, -0.2) is 28.9 Å². The Morgan fingerprint density at radius 1 is 1.32 bits per heavy atom. The molecule has 1 saturated heterocycles. The Morgan fingerprint density at radius 3 is 2.52 bits per heavy atom. The fraction of sp³-hybridized carbons (Fsp3) is 0.467. The molecule has 1 atom stereocenters. The minimum atomic E-state index is -4.88. The molecule has 0 radical (unpaired) electrons. The van der Waals surface area contributed by atoms with E-state index in [0.29, 0.717) is 12.1 Å². The summed E-state index contributed by atoms with van der Waals surface area (Å²) in [6.45, 7) is 5.17. The number of carbonyl (C=O) groups excluding carboxylic acids is 2. The minimum absolute atomic E-state index is 0.0186. The number of nitrogens with zero attached hydrogens (tertiary/aromatic N) is 1. The maximum atomic E-state index is 13.3. The van der Waals surface area contributed by atoms with Gasteiger partial charge in [-0.15, -0.1) is 0 Å². The van der Waals surface area contributed by atoms with Gasteiger partial charge in [-0.2, -0.15) is 13.2 Å². The van der Waals surface area contributed by atoms with Crippen LogP contribution in [0.15, 0.2) is 18.2 Å². The van der Waals surface area contributed by atoms with Crippen molar-refractivity contribution in [3.8, 4) is 0 Å². The first kappa shape index (κ1) is 19.4. The van der Waals surface area contributed by atoms with E-state index in [0.717, 1.165) is 22.7 Å². The predicted molar refractivity (Wildman–Crippen MR) is 84.5 cm³/mol. The van der Waals surface area contributed by atoms with Crippen molar-refractivity contribution in [1.82, 2.24) is 5.32 Å². The number of nitrogens with one attached hydrogen (secondary N) is 1. The molecular weight excluding hydrogens is 364 g/mol. The van der Waals surface area contributed by atoms with Crippen molar-refractivity contribution >= 4 is 29.4 Å². The number of thioether (sulfide) groups is 1. The summed E-state index contributed by atoms with van der Waals surface area (Å²) in [6.07, 6.45) is -5.69. The lowest BCUT2D eigenvalue weighted by molar-refractivity contribution is -0.140. The highest BCUT2D eigenvalue weighted by molar-refractivity contribution is 8.01. The Morgan fingerprint density at radius 2 is 1.96 bits per heavy atom. The molecule has 1 N–H and O–H groups in total. The average molecular weight is 380 g/mol. The molecule has 1 unspecified atom stereocenters. The van der Waals surface area contributed by atoms with Gasteiger partial charge < -0.3 is 10.1 Å². The Bertz CT molecular complexity index is 688. The van der Waals surface area contributed by atoms with Crippen molar-refractivity contribution in [2.75, 3.05) is 10.8 Å². The van der Waals surface area contributed by atoms with Crippen molar-refractivity contribution in [2.24, 2.45) is 0 Å². The quantitative estimate of drug-likeness (QED) is 0.795. The van der Waals surface area contributed by atoms with Crippen LogP contribution in [0, 0.1) is 5.82 Å². The fourth-order valence-corrected chi connectivity index (χ4v) is 3.01. The molecule has 0 spiro atoms. The largest absolute Gasteiger partial charge is 0.425 e. The first-order valence-electron chi connectivity index (χ1n) is 7.17. The summed E-state index contributed by atoms with van der Waals surface area (Å²) in [5, 5.41) is 2.51. The van der Waals surface area contributed by atoms with Gasteiger partial charge in [-0.25, -0.2) is 9.18 Å². The maximum absolute atomic E-state index is 13.3. The first-order valence-corrected chi connectivity index (χ1v) is 8.22. The molecule has 1 aromatic carbocycles. The number of benzene rings is 1. The van der Waals surface area contributed by atoms with Gasteiger partial charge in [0.05, 0.1) is 11.4 Å². The van der Waals surface area contributed by atoms with Crippen LogP contribution < -0.4 is 10.2 Å². The molecule has 0 aliphatic carbocycles. The number of amides is 2. The highest BCUT2D eigenvalue weighted by Crippen LogP contribution is 2.36. The van der Waals surface area contributed by atoms with E-state index in [9.17, 15) is 27.2 Å². The molecule has 1 fully saturated rings.